The number of urea groups is 1. The van der Waals surface area contributed by atoms with Crippen LogP contribution in [0.2, 0.25) is 10.0 Å². The van der Waals surface area contributed by atoms with Crippen LogP contribution >= 0.6 is 39.1 Å². The van der Waals surface area contributed by atoms with Gasteiger partial charge in [-0.15, -0.1) is 0 Å². The molecule has 0 aliphatic carbocycles. The maximum absolute atomic E-state index is 12.1. The Morgan fingerprint density at radius 1 is 1.06 bits per heavy atom. The van der Waals surface area contributed by atoms with Gasteiger partial charge < -0.3 is 10.6 Å². The Labute approximate surface area is 198 Å². The third-order valence-electron chi connectivity index (χ3n) is 4.53. The van der Waals surface area contributed by atoms with Gasteiger partial charge in [-0.3, -0.25) is 10.2 Å². The first-order valence-electron chi connectivity index (χ1n) is 9.24. The minimum absolute atomic E-state index is 0.0699. The molecule has 0 radical (unpaired) electrons. The van der Waals surface area contributed by atoms with Gasteiger partial charge in [0.25, 0.3) is 0 Å². The fraction of sp³-hybridized carbons (Fsp3) is 0.0909. The number of rotatable bonds is 2. The van der Waals surface area contributed by atoms with Crippen LogP contribution in [0.5, 0.6) is 0 Å². The molecule has 0 spiro atoms. The Bertz CT molecular complexity index is 1090. The third kappa shape index (κ3) is 6.21. The van der Waals surface area contributed by atoms with Gasteiger partial charge in [-0.05, 0) is 48.0 Å². The van der Waals surface area contributed by atoms with E-state index in [1.807, 2.05) is 54.0 Å². The minimum Gasteiger partial charge on any atom is -0.377 e. The quantitative estimate of drug-likeness (QED) is 0.184. The highest BCUT2D eigenvalue weighted by Gasteiger charge is 2.24. The smallest absolute Gasteiger partial charge is 0.333 e. The highest BCUT2D eigenvalue weighted by molar-refractivity contribution is 9.10. The molecule has 31 heavy (non-hydrogen) atoms. The van der Waals surface area contributed by atoms with Crippen LogP contribution in [-0.2, 0) is 0 Å². The number of para-hydroxylation sites is 1. The number of fused-ring (bicyclic) bond motifs is 1. The first-order chi connectivity index (χ1) is 14.9. The standard InChI is InChI=1S/C15H12BrNO.C7H7Cl2N3O/c16-11-7-5-10(6-8-11)14-9-15(18)12-3-1-2-4-13(12)17-14;8-4-1-2-6(5(9)3-4)11-7(13)12-10/h1-8,14,17H,9H2;1-3H,10H2,(H2,11,12,13). The van der Waals surface area contributed by atoms with Crippen molar-refractivity contribution >= 4 is 62.3 Å². The lowest BCUT2D eigenvalue weighted by molar-refractivity contribution is 0.0972. The maximum Gasteiger partial charge on any atom is 0.333 e. The number of benzene rings is 3. The van der Waals surface area contributed by atoms with Crippen LogP contribution in [0, 0.1) is 0 Å². The summed E-state index contributed by atoms with van der Waals surface area (Å²) in [6, 6.07) is 20.0. The van der Waals surface area contributed by atoms with E-state index in [2.05, 4.69) is 26.6 Å². The Hall–Kier alpha value is -2.58. The molecule has 160 valence electrons. The first kappa shape index (κ1) is 23.1. The number of hydrogen-bond acceptors (Lipinski definition) is 4. The summed E-state index contributed by atoms with van der Waals surface area (Å²) in [6.45, 7) is 0. The molecule has 3 aromatic rings. The van der Waals surface area contributed by atoms with E-state index in [-0.39, 0.29) is 11.8 Å². The van der Waals surface area contributed by atoms with E-state index in [9.17, 15) is 9.59 Å². The second kappa shape index (κ2) is 10.6. The second-order valence-corrected chi connectivity index (χ2v) is 8.40. The van der Waals surface area contributed by atoms with Gasteiger partial charge >= 0.3 is 6.03 Å². The van der Waals surface area contributed by atoms with Gasteiger partial charge in [0.05, 0.1) is 16.8 Å². The van der Waals surface area contributed by atoms with E-state index >= 15 is 0 Å². The number of nitrogens with one attached hydrogen (secondary N) is 3. The molecule has 2 amide bonds. The third-order valence-corrected chi connectivity index (χ3v) is 5.61. The number of Topliss-reactive ketones (excluding diaryl/α,β-unsaturated/α-hetero) is 1. The lowest BCUT2D eigenvalue weighted by Crippen LogP contribution is -2.34. The highest BCUT2D eigenvalue weighted by Crippen LogP contribution is 2.32. The van der Waals surface area contributed by atoms with Crippen molar-refractivity contribution in [2.24, 2.45) is 5.84 Å². The Morgan fingerprint density at radius 2 is 1.77 bits per heavy atom. The van der Waals surface area contributed by atoms with Crippen LogP contribution in [0.3, 0.4) is 0 Å². The molecule has 1 aliphatic heterocycles. The predicted octanol–water partition coefficient (Wildman–Crippen LogP) is 6.18. The van der Waals surface area contributed by atoms with Crippen molar-refractivity contribution in [1.82, 2.24) is 5.43 Å². The molecule has 3 aromatic carbocycles. The summed E-state index contributed by atoms with van der Waals surface area (Å²) in [5.74, 6) is 5.07. The Morgan fingerprint density at radius 3 is 2.45 bits per heavy atom. The van der Waals surface area contributed by atoms with Crippen molar-refractivity contribution in [2.45, 2.75) is 12.5 Å². The molecular formula is C22H19BrCl2N4O2. The van der Waals surface area contributed by atoms with E-state index in [1.54, 1.807) is 12.1 Å². The zero-order valence-corrected chi connectivity index (χ0v) is 19.3. The highest BCUT2D eigenvalue weighted by atomic mass is 79.9. The molecule has 0 saturated heterocycles. The van der Waals surface area contributed by atoms with E-state index < -0.39 is 6.03 Å². The number of amides is 2. The number of halogens is 3. The van der Waals surface area contributed by atoms with Crippen LogP contribution in [-0.4, -0.2) is 11.8 Å². The summed E-state index contributed by atoms with van der Waals surface area (Å²) in [7, 11) is 0. The largest absolute Gasteiger partial charge is 0.377 e. The fourth-order valence-corrected chi connectivity index (χ4v) is 3.75. The number of ketones is 1. The molecule has 0 bridgehead atoms. The van der Waals surface area contributed by atoms with E-state index in [0.29, 0.717) is 22.2 Å². The summed E-state index contributed by atoms with van der Waals surface area (Å²) >= 11 is 14.8. The number of carbonyl (C=O) groups is 2. The molecular weight excluding hydrogens is 503 g/mol. The summed E-state index contributed by atoms with van der Waals surface area (Å²) < 4.78 is 1.05. The average molecular weight is 522 g/mol. The molecule has 1 unspecified atom stereocenters. The molecule has 0 saturated carbocycles. The molecule has 5 N–H and O–H groups in total. The number of hydrogen-bond donors (Lipinski definition) is 4. The van der Waals surface area contributed by atoms with Crippen molar-refractivity contribution in [3.63, 3.8) is 0 Å². The van der Waals surface area contributed by atoms with Gasteiger partial charge in [0.15, 0.2) is 5.78 Å². The van der Waals surface area contributed by atoms with Crippen molar-refractivity contribution in [3.8, 4) is 0 Å². The second-order valence-electron chi connectivity index (χ2n) is 6.64. The van der Waals surface area contributed by atoms with Crippen LogP contribution in [0.1, 0.15) is 28.4 Å². The van der Waals surface area contributed by atoms with Gasteiger partial charge in [0.1, 0.15) is 0 Å². The number of hydrazine groups is 1. The summed E-state index contributed by atoms with van der Waals surface area (Å²) in [6.07, 6.45) is 0.513. The van der Waals surface area contributed by atoms with E-state index in [1.165, 1.54) is 6.07 Å². The van der Waals surface area contributed by atoms with Crippen molar-refractivity contribution in [3.05, 3.63) is 92.4 Å². The van der Waals surface area contributed by atoms with Crippen LogP contribution in [0.25, 0.3) is 0 Å². The van der Waals surface area contributed by atoms with Gasteiger partial charge in [-0.1, -0.05) is 63.4 Å². The molecule has 0 aromatic heterocycles. The van der Waals surface area contributed by atoms with Gasteiger partial charge in [0, 0.05) is 27.2 Å². The Kier molecular flexibility index (Phi) is 7.92. The SMILES string of the molecule is NNC(=O)Nc1ccc(Cl)cc1Cl.O=C1CC(c2ccc(Br)cc2)Nc2ccccc21. The molecule has 4 rings (SSSR count). The molecule has 1 heterocycles. The van der Waals surface area contributed by atoms with E-state index in [0.717, 1.165) is 21.3 Å². The van der Waals surface area contributed by atoms with Crippen molar-refractivity contribution in [1.29, 1.82) is 0 Å². The van der Waals surface area contributed by atoms with Crippen molar-refractivity contribution < 1.29 is 9.59 Å². The van der Waals surface area contributed by atoms with Crippen LogP contribution in [0.4, 0.5) is 16.2 Å². The van der Waals surface area contributed by atoms with Gasteiger partial charge in [-0.25, -0.2) is 10.6 Å². The molecule has 9 heteroatoms. The van der Waals surface area contributed by atoms with Crippen LogP contribution < -0.4 is 21.9 Å². The molecule has 1 aliphatic rings. The normalized spacial score (nSPS) is 14.5. The fourth-order valence-electron chi connectivity index (χ4n) is 3.03. The molecule has 6 nitrogen and oxygen atoms in total. The lowest BCUT2D eigenvalue weighted by Gasteiger charge is -2.26. The molecule has 0 fully saturated rings. The lowest BCUT2D eigenvalue weighted by atomic mass is 9.92. The maximum atomic E-state index is 12.1. The predicted molar refractivity (Wildman–Crippen MR) is 129 cm³/mol. The minimum atomic E-state index is -0.538. The zero-order chi connectivity index (χ0) is 22.4. The summed E-state index contributed by atoms with van der Waals surface area (Å²) in [5, 5.41) is 6.71. The molecule has 1 atom stereocenters. The monoisotopic (exact) mass is 520 g/mol. The van der Waals surface area contributed by atoms with Gasteiger partial charge in [0.2, 0.25) is 0 Å². The zero-order valence-electron chi connectivity index (χ0n) is 16.2. The first-order valence-corrected chi connectivity index (χ1v) is 10.8. The van der Waals surface area contributed by atoms with E-state index in [4.69, 9.17) is 29.0 Å². The van der Waals surface area contributed by atoms with Crippen molar-refractivity contribution in [2.75, 3.05) is 10.6 Å². The average Bonchev–Trinajstić information content (AvgIpc) is 2.76. The number of anilines is 2. The number of nitrogens with two attached hydrogens (primary N) is 1. The summed E-state index contributed by atoms with van der Waals surface area (Å²) in [5.41, 5.74) is 5.24. The summed E-state index contributed by atoms with van der Waals surface area (Å²) in [4.78, 5) is 22.9. The number of carbonyl (C=O) groups excluding carboxylic acids is 2. The van der Waals surface area contributed by atoms with Crippen LogP contribution in [0.15, 0.2) is 71.2 Å². The Balaban J connectivity index is 0.000000187. The van der Waals surface area contributed by atoms with Gasteiger partial charge in [-0.2, -0.15) is 0 Å². The topological polar surface area (TPSA) is 96.2 Å².